The predicted octanol–water partition coefficient (Wildman–Crippen LogP) is 2.04. The summed E-state index contributed by atoms with van der Waals surface area (Å²) in [6.07, 6.45) is -2.67. The van der Waals surface area contributed by atoms with E-state index in [0.717, 1.165) is 5.56 Å². The zero-order chi connectivity index (χ0) is 14.5. The Labute approximate surface area is 115 Å². The summed E-state index contributed by atoms with van der Waals surface area (Å²) >= 11 is 0. The average molecular weight is 301 g/mol. The standard InChI is InChI=1S/C12H13F2N3O2S/c1-8-3-2-4-10(5-8)20(18,19)17-6-9(7-17)12(11(13)14)15-16-12/h2-5,9,11H,6-7H2,1H3. The van der Waals surface area contributed by atoms with Gasteiger partial charge in [-0.3, -0.25) is 0 Å². The lowest BCUT2D eigenvalue weighted by molar-refractivity contribution is 0.0221. The molecule has 8 heteroatoms. The van der Waals surface area contributed by atoms with Gasteiger partial charge < -0.3 is 0 Å². The van der Waals surface area contributed by atoms with Crippen LogP contribution >= 0.6 is 0 Å². The second-order valence-electron chi connectivity index (χ2n) is 5.12. The summed E-state index contributed by atoms with van der Waals surface area (Å²) in [6.45, 7) is 1.87. The molecule has 1 saturated heterocycles. The molecule has 0 bridgehead atoms. The van der Waals surface area contributed by atoms with Gasteiger partial charge in [-0.2, -0.15) is 14.5 Å². The second-order valence-corrected chi connectivity index (χ2v) is 7.06. The maximum atomic E-state index is 12.8. The lowest BCUT2D eigenvalue weighted by Gasteiger charge is -2.40. The van der Waals surface area contributed by atoms with Gasteiger partial charge in [-0.05, 0) is 24.6 Å². The van der Waals surface area contributed by atoms with Crippen LogP contribution in [0.2, 0.25) is 0 Å². The van der Waals surface area contributed by atoms with E-state index < -0.39 is 28.0 Å². The Bertz CT molecular complexity index is 663. The van der Waals surface area contributed by atoms with Gasteiger partial charge in [-0.25, -0.2) is 17.2 Å². The minimum Gasteiger partial charge on any atom is -0.207 e. The van der Waals surface area contributed by atoms with Crippen molar-refractivity contribution in [3.63, 3.8) is 0 Å². The molecule has 0 radical (unpaired) electrons. The maximum absolute atomic E-state index is 12.8. The highest BCUT2D eigenvalue weighted by Crippen LogP contribution is 2.46. The number of benzene rings is 1. The normalized spacial score (nSPS) is 22.0. The molecular weight excluding hydrogens is 288 g/mol. The Balaban J connectivity index is 1.74. The molecule has 1 aromatic rings. The van der Waals surface area contributed by atoms with Gasteiger partial charge in [0, 0.05) is 19.0 Å². The van der Waals surface area contributed by atoms with Crippen LogP contribution in [-0.2, 0) is 10.0 Å². The van der Waals surface area contributed by atoms with Crippen molar-refractivity contribution in [2.45, 2.75) is 23.9 Å². The van der Waals surface area contributed by atoms with Crippen molar-refractivity contribution < 1.29 is 17.2 Å². The first-order valence-electron chi connectivity index (χ1n) is 6.15. The zero-order valence-electron chi connectivity index (χ0n) is 10.7. The van der Waals surface area contributed by atoms with Crippen LogP contribution in [0.15, 0.2) is 39.4 Å². The molecule has 2 heterocycles. The highest BCUT2D eigenvalue weighted by Gasteiger charge is 2.61. The lowest BCUT2D eigenvalue weighted by Crippen LogP contribution is -2.57. The number of aryl methyl sites for hydroxylation is 1. The summed E-state index contributed by atoms with van der Waals surface area (Å²) in [6, 6.07) is 6.53. The van der Waals surface area contributed by atoms with Crippen LogP contribution in [0, 0.1) is 12.8 Å². The topological polar surface area (TPSA) is 62.1 Å². The minimum atomic E-state index is -3.61. The van der Waals surface area contributed by atoms with Gasteiger partial charge >= 0.3 is 0 Å². The molecule has 5 nitrogen and oxygen atoms in total. The quantitative estimate of drug-likeness (QED) is 0.854. The summed E-state index contributed by atoms with van der Waals surface area (Å²) in [5.74, 6) is -0.526. The smallest absolute Gasteiger partial charge is 0.207 e. The number of nitrogens with zero attached hydrogens (tertiary/aromatic N) is 3. The fourth-order valence-electron chi connectivity index (χ4n) is 2.31. The summed E-state index contributed by atoms with van der Waals surface area (Å²) in [5, 5.41) is 6.82. The number of sulfonamides is 1. The van der Waals surface area contributed by atoms with Crippen molar-refractivity contribution in [3.8, 4) is 0 Å². The monoisotopic (exact) mass is 301 g/mol. The summed E-state index contributed by atoms with van der Waals surface area (Å²) in [7, 11) is -3.61. The Morgan fingerprint density at radius 3 is 2.50 bits per heavy atom. The van der Waals surface area contributed by atoms with Gasteiger partial charge in [0.05, 0.1) is 4.90 Å². The molecule has 0 N–H and O–H groups in total. The first-order chi connectivity index (χ1) is 9.36. The van der Waals surface area contributed by atoms with Gasteiger partial charge in [0.15, 0.2) is 0 Å². The van der Waals surface area contributed by atoms with Crippen LogP contribution in [-0.4, -0.2) is 37.9 Å². The average Bonchev–Trinajstić information content (AvgIpc) is 3.08. The molecule has 20 heavy (non-hydrogen) atoms. The first-order valence-corrected chi connectivity index (χ1v) is 7.59. The third kappa shape index (κ3) is 1.94. The molecule has 1 fully saturated rings. The molecule has 0 unspecified atom stereocenters. The molecule has 0 saturated carbocycles. The van der Waals surface area contributed by atoms with E-state index in [1.807, 2.05) is 0 Å². The largest absolute Gasteiger partial charge is 0.287 e. The third-order valence-corrected chi connectivity index (χ3v) is 5.56. The Kier molecular flexibility index (Phi) is 2.91. The number of rotatable bonds is 4. The van der Waals surface area contributed by atoms with E-state index in [0.29, 0.717) is 0 Å². The number of hydrogen-bond donors (Lipinski definition) is 0. The molecule has 1 aromatic carbocycles. The van der Waals surface area contributed by atoms with Gasteiger partial charge in [0.25, 0.3) is 12.1 Å². The number of halogens is 2. The molecule has 0 aromatic heterocycles. The predicted molar refractivity (Wildman–Crippen MR) is 67.0 cm³/mol. The molecule has 2 aliphatic heterocycles. The molecule has 0 amide bonds. The summed E-state index contributed by atoms with van der Waals surface area (Å²) < 4.78 is 51.4. The van der Waals surface area contributed by atoms with Crippen molar-refractivity contribution in [3.05, 3.63) is 29.8 Å². The van der Waals surface area contributed by atoms with Gasteiger partial charge in [0.1, 0.15) is 0 Å². The molecular formula is C12H13F2N3O2S. The number of alkyl halides is 2. The van der Waals surface area contributed by atoms with E-state index in [4.69, 9.17) is 0 Å². The maximum Gasteiger partial charge on any atom is 0.287 e. The fourth-order valence-corrected chi connectivity index (χ4v) is 3.95. The zero-order valence-corrected chi connectivity index (χ0v) is 11.5. The second kappa shape index (κ2) is 4.29. The highest BCUT2D eigenvalue weighted by atomic mass is 32.2. The van der Waals surface area contributed by atoms with E-state index in [1.165, 1.54) is 10.4 Å². The van der Waals surface area contributed by atoms with Crippen molar-refractivity contribution in [2.24, 2.45) is 16.1 Å². The molecule has 0 atom stereocenters. The molecule has 3 rings (SSSR count). The Morgan fingerprint density at radius 2 is 2.00 bits per heavy atom. The van der Waals surface area contributed by atoms with Gasteiger partial charge in [0.2, 0.25) is 10.0 Å². The van der Waals surface area contributed by atoms with Crippen LogP contribution in [0.5, 0.6) is 0 Å². The molecule has 0 spiro atoms. The van der Waals surface area contributed by atoms with E-state index in [-0.39, 0.29) is 18.0 Å². The summed E-state index contributed by atoms with van der Waals surface area (Å²) in [4.78, 5) is 0.187. The third-order valence-electron chi connectivity index (χ3n) is 3.73. The van der Waals surface area contributed by atoms with Crippen LogP contribution in [0.25, 0.3) is 0 Å². The molecule has 2 aliphatic rings. The van der Waals surface area contributed by atoms with E-state index in [9.17, 15) is 17.2 Å². The van der Waals surface area contributed by atoms with Crippen molar-refractivity contribution >= 4 is 10.0 Å². The van der Waals surface area contributed by atoms with Crippen LogP contribution < -0.4 is 0 Å². The van der Waals surface area contributed by atoms with E-state index >= 15 is 0 Å². The molecule has 0 aliphatic carbocycles. The van der Waals surface area contributed by atoms with Gasteiger partial charge in [-0.1, -0.05) is 12.1 Å². The molecule has 108 valence electrons. The van der Waals surface area contributed by atoms with Crippen molar-refractivity contribution in [2.75, 3.05) is 13.1 Å². The highest BCUT2D eigenvalue weighted by molar-refractivity contribution is 7.89. The lowest BCUT2D eigenvalue weighted by atomic mass is 9.91. The van der Waals surface area contributed by atoms with Crippen LogP contribution in [0.1, 0.15) is 5.56 Å². The van der Waals surface area contributed by atoms with Crippen molar-refractivity contribution in [1.82, 2.24) is 4.31 Å². The SMILES string of the molecule is Cc1cccc(S(=O)(=O)N2CC(C3(C(F)F)N=N3)C2)c1. The number of hydrogen-bond acceptors (Lipinski definition) is 4. The van der Waals surface area contributed by atoms with E-state index in [2.05, 4.69) is 10.2 Å². The minimum absolute atomic E-state index is 0.0353. The first kappa shape index (κ1) is 13.6. The van der Waals surface area contributed by atoms with Crippen LogP contribution in [0.4, 0.5) is 8.78 Å². The van der Waals surface area contributed by atoms with Gasteiger partial charge in [-0.15, -0.1) is 0 Å². The van der Waals surface area contributed by atoms with Crippen molar-refractivity contribution in [1.29, 1.82) is 0 Å². The summed E-state index contributed by atoms with van der Waals surface area (Å²) in [5.41, 5.74) is -0.821. The Hall–Kier alpha value is -1.41. The Morgan fingerprint density at radius 1 is 1.35 bits per heavy atom. The van der Waals surface area contributed by atoms with Crippen LogP contribution in [0.3, 0.4) is 0 Å². The van der Waals surface area contributed by atoms with E-state index in [1.54, 1.807) is 25.1 Å². The fraction of sp³-hybridized carbons (Fsp3) is 0.500.